The molecule has 0 aromatic heterocycles. The molecule has 6 nitrogen and oxygen atoms in total. The van der Waals surface area contributed by atoms with Gasteiger partial charge in [-0.05, 0) is 39.3 Å². The third-order valence-electron chi connectivity index (χ3n) is 3.34. The third kappa shape index (κ3) is 7.00. The summed E-state index contributed by atoms with van der Waals surface area (Å²) in [6.07, 6.45) is 0.991. The van der Waals surface area contributed by atoms with E-state index in [4.69, 9.17) is 0 Å². The number of nitrogens with zero attached hydrogens (tertiary/aromatic N) is 1. The summed E-state index contributed by atoms with van der Waals surface area (Å²) in [5, 5.41) is 6.41. The molecule has 0 saturated carbocycles. The van der Waals surface area contributed by atoms with Gasteiger partial charge in [0, 0.05) is 19.1 Å². The monoisotopic (exact) mass is 340 g/mol. The van der Waals surface area contributed by atoms with Gasteiger partial charge in [0.15, 0.2) is 5.96 Å². The van der Waals surface area contributed by atoms with Crippen molar-refractivity contribution in [3.05, 3.63) is 29.8 Å². The van der Waals surface area contributed by atoms with Crippen LogP contribution in [-0.2, 0) is 10.0 Å². The number of nitrogens with one attached hydrogen (secondary N) is 3. The van der Waals surface area contributed by atoms with Gasteiger partial charge in [-0.3, -0.25) is 4.99 Å². The van der Waals surface area contributed by atoms with Gasteiger partial charge in [0.25, 0.3) is 0 Å². The standard InChI is InChI=1S/C16H28N4O2S/c1-5-14(4)20-16(17-6-2)18-11-12-19-23(21,22)15-9-7-13(3)8-10-15/h7-10,14,19H,5-6,11-12H2,1-4H3,(H2,17,18,20). The Kier molecular flexibility index (Phi) is 8.05. The number of aliphatic imine (C=N–C) groups is 1. The van der Waals surface area contributed by atoms with Gasteiger partial charge in [-0.1, -0.05) is 24.6 Å². The summed E-state index contributed by atoms with van der Waals surface area (Å²) in [6, 6.07) is 7.10. The first-order chi connectivity index (χ1) is 10.9. The van der Waals surface area contributed by atoms with E-state index in [0.717, 1.165) is 18.5 Å². The van der Waals surface area contributed by atoms with Crippen LogP contribution in [0, 0.1) is 6.92 Å². The molecule has 0 heterocycles. The maximum Gasteiger partial charge on any atom is 0.240 e. The molecule has 0 aliphatic heterocycles. The highest BCUT2D eigenvalue weighted by Gasteiger charge is 2.12. The van der Waals surface area contributed by atoms with E-state index in [2.05, 4.69) is 34.2 Å². The van der Waals surface area contributed by atoms with Crippen molar-refractivity contribution in [2.75, 3.05) is 19.6 Å². The lowest BCUT2D eigenvalue weighted by molar-refractivity contribution is 0.581. The number of aryl methyl sites for hydroxylation is 1. The fourth-order valence-electron chi connectivity index (χ4n) is 1.80. The molecule has 7 heteroatoms. The summed E-state index contributed by atoms with van der Waals surface area (Å²) in [6.45, 7) is 9.48. The lowest BCUT2D eigenvalue weighted by atomic mass is 10.2. The van der Waals surface area contributed by atoms with Gasteiger partial charge in [0.1, 0.15) is 0 Å². The minimum atomic E-state index is -3.48. The zero-order valence-corrected chi connectivity index (χ0v) is 15.2. The molecular formula is C16H28N4O2S. The third-order valence-corrected chi connectivity index (χ3v) is 4.82. The summed E-state index contributed by atoms with van der Waals surface area (Å²) in [7, 11) is -3.48. The van der Waals surface area contributed by atoms with E-state index in [1.807, 2.05) is 13.8 Å². The van der Waals surface area contributed by atoms with Gasteiger partial charge < -0.3 is 10.6 Å². The van der Waals surface area contributed by atoms with Crippen LogP contribution in [0.1, 0.15) is 32.8 Å². The maximum atomic E-state index is 12.1. The minimum absolute atomic E-state index is 0.257. The number of guanidine groups is 1. The molecule has 1 rings (SSSR count). The second kappa shape index (κ2) is 9.52. The summed E-state index contributed by atoms with van der Waals surface area (Å²) >= 11 is 0. The van der Waals surface area contributed by atoms with Crippen molar-refractivity contribution in [3.63, 3.8) is 0 Å². The summed E-state index contributed by atoms with van der Waals surface area (Å²) in [5.74, 6) is 0.705. The second-order valence-corrected chi connectivity index (χ2v) is 7.19. The van der Waals surface area contributed by atoms with E-state index >= 15 is 0 Å². The lowest BCUT2D eigenvalue weighted by Gasteiger charge is -2.16. The topological polar surface area (TPSA) is 82.6 Å². The van der Waals surface area contributed by atoms with E-state index in [9.17, 15) is 8.42 Å². The van der Waals surface area contributed by atoms with Crippen molar-refractivity contribution < 1.29 is 8.42 Å². The number of rotatable bonds is 8. The highest BCUT2D eigenvalue weighted by atomic mass is 32.2. The van der Waals surface area contributed by atoms with E-state index in [1.54, 1.807) is 24.3 Å². The van der Waals surface area contributed by atoms with Crippen LogP contribution in [0.3, 0.4) is 0 Å². The molecule has 1 atom stereocenters. The number of benzene rings is 1. The molecule has 1 aromatic rings. The molecule has 1 aromatic carbocycles. The Morgan fingerprint density at radius 3 is 2.43 bits per heavy atom. The number of sulfonamides is 1. The van der Waals surface area contributed by atoms with Gasteiger partial charge in [0.2, 0.25) is 10.0 Å². The van der Waals surface area contributed by atoms with Crippen LogP contribution in [0.25, 0.3) is 0 Å². The molecular weight excluding hydrogens is 312 g/mol. The molecule has 0 bridgehead atoms. The van der Waals surface area contributed by atoms with Gasteiger partial charge in [-0.25, -0.2) is 13.1 Å². The van der Waals surface area contributed by atoms with Gasteiger partial charge >= 0.3 is 0 Å². The molecule has 0 saturated heterocycles. The molecule has 3 N–H and O–H groups in total. The zero-order valence-electron chi connectivity index (χ0n) is 14.4. The Balaban J connectivity index is 2.56. The van der Waals surface area contributed by atoms with Crippen LogP contribution >= 0.6 is 0 Å². The Morgan fingerprint density at radius 1 is 1.22 bits per heavy atom. The molecule has 0 aliphatic rings. The molecule has 0 amide bonds. The van der Waals surface area contributed by atoms with Crippen LogP contribution in [0.15, 0.2) is 34.2 Å². The summed E-state index contributed by atoms with van der Waals surface area (Å²) in [5.41, 5.74) is 1.03. The van der Waals surface area contributed by atoms with Gasteiger partial charge in [-0.15, -0.1) is 0 Å². The fourth-order valence-corrected chi connectivity index (χ4v) is 2.83. The van der Waals surface area contributed by atoms with Gasteiger partial charge in [0.05, 0.1) is 11.4 Å². The molecule has 1 unspecified atom stereocenters. The highest BCUT2D eigenvalue weighted by Crippen LogP contribution is 2.09. The zero-order chi connectivity index (χ0) is 17.3. The Labute approximate surface area is 139 Å². The largest absolute Gasteiger partial charge is 0.357 e. The predicted molar refractivity (Wildman–Crippen MR) is 95.2 cm³/mol. The molecule has 0 aliphatic carbocycles. The average molecular weight is 340 g/mol. The van der Waals surface area contributed by atoms with Crippen molar-refractivity contribution in [1.29, 1.82) is 0 Å². The molecule has 23 heavy (non-hydrogen) atoms. The SMILES string of the molecule is CCNC(=NCCNS(=O)(=O)c1ccc(C)cc1)NC(C)CC. The highest BCUT2D eigenvalue weighted by molar-refractivity contribution is 7.89. The first kappa shape index (κ1) is 19.4. The number of hydrogen-bond acceptors (Lipinski definition) is 3. The predicted octanol–water partition coefficient (Wildman–Crippen LogP) is 1.63. The van der Waals surface area contributed by atoms with Crippen molar-refractivity contribution in [2.45, 2.75) is 45.1 Å². The normalized spacial score (nSPS) is 13.7. The molecule has 130 valence electrons. The molecule has 0 fully saturated rings. The fraction of sp³-hybridized carbons (Fsp3) is 0.562. The van der Waals surface area contributed by atoms with Crippen molar-refractivity contribution in [3.8, 4) is 0 Å². The second-order valence-electron chi connectivity index (χ2n) is 5.43. The molecule has 0 radical (unpaired) electrons. The van der Waals surface area contributed by atoms with Crippen molar-refractivity contribution in [2.24, 2.45) is 4.99 Å². The van der Waals surface area contributed by atoms with E-state index in [0.29, 0.717) is 18.5 Å². The molecule has 0 spiro atoms. The van der Waals surface area contributed by atoms with Crippen LogP contribution in [0.2, 0.25) is 0 Å². The first-order valence-corrected chi connectivity index (χ1v) is 9.48. The number of hydrogen-bond donors (Lipinski definition) is 3. The van der Waals surface area contributed by atoms with Crippen molar-refractivity contribution in [1.82, 2.24) is 15.4 Å². The van der Waals surface area contributed by atoms with Crippen molar-refractivity contribution >= 4 is 16.0 Å². The summed E-state index contributed by atoms with van der Waals surface area (Å²) in [4.78, 5) is 4.65. The lowest BCUT2D eigenvalue weighted by Crippen LogP contribution is -2.42. The smallest absolute Gasteiger partial charge is 0.240 e. The Morgan fingerprint density at radius 2 is 1.87 bits per heavy atom. The Hall–Kier alpha value is -1.60. The quantitative estimate of drug-likeness (QED) is 0.382. The van der Waals surface area contributed by atoms with E-state index < -0.39 is 10.0 Å². The first-order valence-electron chi connectivity index (χ1n) is 8.00. The van der Waals surface area contributed by atoms with Crippen LogP contribution in [0.5, 0.6) is 0 Å². The van der Waals surface area contributed by atoms with Crippen LogP contribution in [-0.4, -0.2) is 40.1 Å². The van der Waals surface area contributed by atoms with Gasteiger partial charge in [-0.2, -0.15) is 0 Å². The Bertz CT molecular complexity index is 597. The van der Waals surface area contributed by atoms with Crippen LogP contribution in [0.4, 0.5) is 0 Å². The van der Waals surface area contributed by atoms with E-state index in [1.165, 1.54) is 0 Å². The van der Waals surface area contributed by atoms with Crippen LogP contribution < -0.4 is 15.4 Å². The summed E-state index contributed by atoms with van der Waals surface area (Å²) < 4.78 is 26.9. The van der Waals surface area contributed by atoms with E-state index in [-0.39, 0.29) is 11.4 Å². The maximum absolute atomic E-state index is 12.1. The minimum Gasteiger partial charge on any atom is -0.357 e. The average Bonchev–Trinajstić information content (AvgIpc) is 2.52.